The van der Waals surface area contributed by atoms with Crippen LogP contribution in [0, 0.1) is 23.3 Å². The molecule has 0 spiro atoms. The molecule has 2 rings (SSSR count). The Kier molecular flexibility index (Phi) is 3.85. The minimum atomic E-state index is -0.988. The van der Waals surface area contributed by atoms with Crippen LogP contribution in [0.1, 0.15) is 17.2 Å². The van der Waals surface area contributed by atoms with Crippen LogP contribution in [-0.4, -0.2) is 0 Å². The lowest BCUT2D eigenvalue weighted by Gasteiger charge is -2.12. The number of halogens is 4. The predicted octanol–water partition coefficient (Wildman–Crippen LogP) is 3.49. The van der Waals surface area contributed by atoms with E-state index in [2.05, 4.69) is 0 Å². The van der Waals surface area contributed by atoms with Crippen molar-refractivity contribution in [3.05, 3.63) is 70.8 Å². The standard InChI is InChI=1S/C14H11F4N/c15-10-3-1-8(5-12(10)17)6-14(19)9-2-4-11(16)13(18)7-9/h1-5,7,14H,6,19H2. The van der Waals surface area contributed by atoms with Gasteiger partial charge in [-0.3, -0.25) is 0 Å². The van der Waals surface area contributed by atoms with Crippen LogP contribution in [0.4, 0.5) is 17.6 Å². The predicted molar refractivity (Wildman–Crippen MR) is 63.3 cm³/mol. The molecule has 19 heavy (non-hydrogen) atoms. The maximum absolute atomic E-state index is 13.1. The van der Waals surface area contributed by atoms with Gasteiger partial charge >= 0.3 is 0 Å². The molecular formula is C14H11F4N. The van der Waals surface area contributed by atoms with Gasteiger partial charge in [-0.15, -0.1) is 0 Å². The Morgan fingerprint density at radius 1 is 0.789 bits per heavy atom. The second-order valence-corrected chi connectivity index (χ2v) is 4.23. The van der Waals surface area contributed by atoms with Crippen molar-refractivity contribution in [1.82, 2.24) is 0 Å². The summed E-state index contributed by atoms with van der Waals surface area (Å²) < 4.78 is 51.6. The zero-order valence-corrected chi connectivity index (χ0v) is 9.84. The first-order valence-electron chi connectivity index (χ1n) is 5.62. The normalized spacial score (nSPS) is 12.5. The average Bonchev–Trinajstić information content (AvgIpc) is 2.37. The van der Waals surface area contributed by atoms with Crippen molar-refractivity contribution in [3.8, 4) is 0 Å². The molecule has 1 nitrogen and oxygen atoms in total. The van der Waals surface area contributed by atoms with Gasteiger partial charge < -0.3 is 5.73 Å². The highest BCUT2D eigenvalue weighted by molar-refractivity contribution is 5.25. The Morgan fingerprint density at radius 3 is 1.95 bits per heavy atom. The van der Waals surface area contributed by atoms with E-state index in [1.165, 1.54) is 12.1 Å². The van der Waals surface area contributed by atoms with Gasteiger partial charge in [0.1, 0.15) is 0 Å². The van der Waals surface area contributed by atoms with Crippen LogP contribution >= 0.6 is 0 Å². The largest absolute Gasteiger partial charge is 0.324 e. The minimum Gasteiger partial charge on any atom is -0.324 e. The third-order valence-corrected chi connectivity index (χ3v) is 2.81. The molecule has 0 saturated heterocycles. The van der Waals surface area contributed by atoms with Crippen molar-refractivity contribution in [3.63, 3.8) is 0 Å². The van der Waals surface area contributed by atoms with Crippen LogP contribution in [0.5, 0.6) is 0 Å². The van der Waals surface area contributed by atoms with Crippen LogP contribution in [0.2, 0.25) is 0 Å². The van der Waals surface area contributed by atoms with Crippen molar-refractivity contribution in [1.29, 1.82) is 0 Å². The van der Waals surface area contributed by atoms with Gasteiger partial charge in [-0.2, -0.15) is 0 Å². The molecule has 2 N–H and O–H groups in total. The molecule has 0 fully saturated rings. The van der Waals surface area contributed by atoms with E-state index < -0.39 is 29.3 Å². The highest BCUT2D eigenvalue weighted by Gasteiger charge is 2.12. The van der Waals surface area contributed by atoms with Crippen LogP contribution in [0.3, 0.4) is 0 Å². The molecular weight excluding hydrogens is 258 g/mol. The second kappa shape index (κ2) is 5.40. The topological polar surface area (TPSA) is 26.0 Å². The lowest BCUT2D eigenvalue weighted by molar-refractivity contribution is 0.503. The van der Waals surface area contributed by atoms with E-state index in [0.29, 0.717) is 11.1 Å². The summed E-state index contributed by atoms with van der Waals surface area (Å²) in [4.78, 5) is 0. The summed E-state index contributed by atoms with van der Waals surface area (Å²) in [6.45, 7) is 0. The monoisotopic (exact) mass is 269 g/mol. The van der Waals surface area contributed by atoms with Gasteiger partial charge in [0.25, 0.3) is 0 Å². The van der Waals surface area contributed by atoms with E-state index in [9.17, 15) is 17.6 Å². The average molecular weight is 269 g/mol. The van der Waals surface area contributed by atoms with E-state index in [-0.39, 0.29) is 6.42 Å². The molecule has 0 aromatic heterocycles. The molecule has 0 amide bonds. The molecule has 5 heteroatoms. The smallest absolute Gasteiger partial charge is 0.159 e. The van der Waals surface area contributed by atoms with Crippen molar-refractivity contribution >= 4 is 0 Å². The van der Waals surface area contributed by atoms with Gasteiger partial charge in [0.15, 0.2) is 23.3 Å². The quantitative estimate of drug-likeness (QED) is 0.848. The molecule has 0 aliphatic heterocycles. The molecule has 0 saturated carbocycles. The van der Waals surface area contributed by atoms with Gasteiger partial charge in [0.2, 0.25) is 0 Å². The van der Waals surface area contributed by atoms with Crippen LogP contribution < -0.4 is 5.73 Å². The fourth-order valence-electron chi connectivity index (χ4n) is 1.78. The molecule has 100 valence electrons. The number of hydrogen-bond donors (Lipinski definition) is 1. The first-order valence-corrected chi connectivity index (χ1v) is 5.62. The molecule has 0 heterocycles. The summed E-state index contributed by atoms with van der Waals surface area (Å²) in [5.41, 5.74) is 6.70. The maximum atomic E-state index is 13.1. The number of benzene rings is 2. The molecule has 2 aromatic carbocycles. The molecule has 2 aromatic rings. The molecule has 1 atom stereocenters. The molecule has 0 aliphatic rings. The fourth-order valence-corrected chi connectivity index (χ4v) is 1.78. The summed E-state index contributed by atoms with van der Waals surface area (Å²) >= 11 is 0. The van der Waals surface area contributed by atoms with Crippen molar-refractivity contribution in [2.24, 2.45) is 5.73 Å². The summed E-state index contributed by atoms with van der Waals surface area (Å²) in [5.74, 6) is -3.85. The molecule has 0 bridgehead atoms. The fraction of sp³-hybridized carbons (Fsp3) is 0.143. The van der Waals surface area contributed by atoms with Crippen LogP contribution in [-0.2, 0) is 6.42 Å². The lowest BCUT2D eigenvalue weighted by atomic mass is 9.99. The van der Waals surface area contributed by atoms with Gasteiger partial charge in [-0.1, -0.05) is 12.1 Å². The van der Waals surface area contributed by atoms with Crippen molar-refractivity contribution in [2.75, 3.05) is 0 Å². The lowest BCUT2D eigenvalue weighted by Crippen LogP contribution is -2.14. The van der Waals surface area contributed by atoms with E-state index in [1.54, 1.807) is 0 Å². The maximum Gasteiger partial charge on any atom is 0.159 e. The number of rotatable bonds is 3. The minimum absolute atomic E-state index is 0.197. The summed E-state index contributed by atoms with van der Waals surface area (Å²) in [6, 6.07) is 6.16. The zero-order valence-electron chi connectivity index (χ0n) is 9.84. The van der Waals surface area contributed by atoms with E-state index >= 15 is 0 Å². The highest BCUT2D eigenvalue weighted by atomic mass is 19.2. The van der Waals surface area contributed by atoms with Crippen LogP contribution in [0.15, 0.2) is 36.4 Å². The van der Waals surface area contributed by atoms with Crippen molar-refractivity contribution < 1.29 is 17.6 Å². The third-order valence-electron chi connectivity index (χ3n) is 2.81. The first kappa shape index (κ1) is 13.5. The van der Waals surface area contributed by atoms with E-state index in [1.807, 2.05) is 0 Å². The van der Waals surface area contributed by atoms with Gasteiger partial charge in [-0.05, 0) is 41.8 Å². The van der Waals surface area contributed by atoms with Gasteiger partial charge in [0.05, 0.1) is 0 Å². The number of hydrogen-bond acceptors (Lipinski definition) is 1. The van der Waals surface area contributed by atoms with E-state index in [4.69, 9.17) is 5.73 Å². The molecule has 1 unspecified atom stereocenters. The van der Waals surface area contributed by atoms with Gasteiger partial charge in [0, 0.05) is 6.04 Å². The Labute approximate surface area is 107 Å². The Hall–Kier alpha value is -1.88. The third kappa shape index (κ3) is 3.12. The summed E-state index contributed by atoms with van der Waals surface area (Å²) in [7, 11) is 0. The summed E-state index contributed by atoms with van der Waals surface area (Å²) in [6.07, 6.45) is 0.197. The highest BCUT2D eigenvalue weighted by Crippen LogP contribution is 2.19. The Bertz CT molecular complexity index is 598. The zero-order chi connectivity index (χ0) is 14.0. The molecule has 0 aliphatic carbocycles. The van der Waals surface area contributed by atoms with Crippen molar-refractivity contribution in [2.45, 2.75) is 12.5 Å². The van der Waals surface area contributed by atoms with Crippen LogP contribution in [0.25, 0.3) is 0 Å². The van der Waals surface area contributed by atoms with Gasteiger partial charge in [-0.25, -0.2) is 17.6 Å². The SMILES string of the molecule is NC(Cc1ccc(F)c(F)c1)c1ccc(F)c(F)c1. The second-order valence-electron chi connectivity index (χ2n) is 4.23. The number of nitrogens with two attached hydrogens (primary N) is 1. The first-order chi connectivity index (χ1) is 8.97. The van der Waals surface area contributed by atoms with E-state index in [0.717, 1.165) is 24.3 Å². The Balaban J connectivity index is 2.17. The molecule has 0 radical (unpaired) electrons. The Morgan fingerprint density at radius 2 is 1.37 bits per heavy atom. The summed E-state index contributed by atoms with van der Waals surface area (Å²) in [5, 5.41) is 0.